The van der Waals surface area contributed by atoms with Crippen molar-refractivity contribution < 1.29 is 0 Å². The van der Waals surface area contributed by atoms with Gasteiger partial charge in [0.05, 0.1) is 0 Å². The van der Waals surface area contributed by atoms with Gasteiger partial charge >= 0.3 is 0 Å². The molecular weight excluding hydrogens is 264 g/mol. The van der Waals surface area contributed by atoms with Crippen molar-refractivity contribution in [1.82, 2.24) is 0 Å². The second kappa shape index (κ2) is 7.24. The molecule has 0 nitrogen and oxygen atoms in total. The molecule has 3 rings (SSSR count). The Morgan fingerprint density at radius 1 is 0.545 bits per heavy atom. The molecular formula is C22H18. The van der Waals surface area contributed by atoms with Crippen LogP contribution in [-0.4, -0.2) is 0 Å². The lowest BCUT2D eigenvalue weighted by Crippen LogP contribution is -1.81. The van der Waals surface area contributed by atoms with Crippen LogP contribution in [0.3, 0.4) is 0 Å². The van der Waals surface area contributed by atoms with Gasteiger partial charge in [-0.05, 0) is 28.3 Å². The Bertz CT molecular complexity index is 751. The van der Waals surface area contributed by atoms with Gasteiger partial charge in [0.25, 0.3) is 0 Å². The third-order valence-corrected chi connectivity index (χ3v) is 3.48. The van der Waals surface area contributed by atoms with E-state index in [0.717, 1.165) is 0 Å². The highest BCUT2D eigenvalue weighted by atomic mass is 14.0. The Morgan fingerprint density at radius 2 is 1.05 bits per heavy atom. The molecule has 106 valence electrons. The molecule has 3 aromatic rings. The quantitative estimate of drug-likeness (QED) is 0.410. The van der Waals surface area contributed by atoms with Gasteiger partial charge in [-0.1, -0.05) is 103 Å². The topological polar surface area (TPSA) is 0 Å². The van der Waals surface area contributed by atoms with Crippen molar-refractivity contribution in [3.05, 3.63) is 114 Å². The van der Waals surface area contributed by atoms with E-state index in [1.807, 2.05) is 18.2 Å². The summed E-state index contributed by atoms with van der Waals surface area (Å²) in [5.41, 5.74) is 4.84. The van der Waals surface area contributed by atoms with Crippen molar-refractivity contribution in [1.29, 1.82) is 0 Å². The minimum atomic E-state index is 1.20. The molecule has 0 saturated heterocycles. The summed E-state index contributed by atoms with van der Waals surface area (Å²) in [4.78, 5) is 0. The number of allylic oxidation sites excluding steroid dienone is 2. The lowest BCUT2D eigenvalue weighted by molar-refractivity contribution is 1.61. The molecule has 0 fully saturated rings. The molecule has 22 heavy (non-hydrogen) atoms. The predicted molar refractivity (Wildman–Crippen MR) is 96.2 cm³/mol. The van der Waals surface area contributed by atoms with Gasteiger partial charge in [-0.2, -0.15) is 0 Å². The molecule has 0 radical (unpaired) electrons. The molecule has 0 atom stereocenters. The lowest BCUT2D eigenvalue weighted by atomic mass is 10.0. The molecule has 0 aromatic heterocycles. The summed E-state index contributed by atoms with van der Waals surface area (Å²) in [6.45, 7) is 0. The van der Waals surface area contributed by atoms with E-state index in [1.54, 1.807) is 0 Å². The highest BCUT2D eigenvalue weighted by Gasteiger charge is 1.98. The van der Waals surface area contributed by atoms with Gasteiger partial charge in [0.2, 0.25) is 0 Å². The van der Waals surface area contributed by atoms with E-state index in [2.05, 4.69) is 91.0 Å². The molecule has 0 aliphatic heterocycles. The molecule has 0 aliphatic carbocycles. The van der Waals surface area contributed by atoms with Crippen LogP contribution in [-0.2, 0) is 0 Å². The smallest absolute Gasteiger partial charge is 0.0178 e. The second-order valence-electron chi connectivity index (χ2n) is 5.12. The summed E-state index contributed by atoms with van der Waals surface area (Å²) in [6.07, 6.45) is 6.55. The van der Waals surface area contributed by atoms with Crippen LogP contribution in [0.1, 0.15) is 16.7 Å². The van der Waals surface area contributed by atoms with Gasteiger partial charge in [0.15, 0.2) is 0 Å². The van der Waals surface area contributed by atoms with Crippen molar-refractivity contribution >= 4 is 17.7 Å². The molecule has 0 spiro atoms. The summed E-state index contributed by atoms with van der Waals surface area (Å²) in [7, 11) is 0. The van der Waals surface area contributed by atoms with Crippen molar-refractivity contribution in [2.24, 2.45) is 0 Å². The van der Waals surface area contributed by atoms with E-state index >= 15 is 0 Å². The van der Waals surface area contributed by atoms with Gasteiger partial charge in [-0.15, -0.1) is 0 Å². The van der Waals surface area contributed by atoms with Crippen molar-refractivity contribution in [3.63, 3.8) is 0 Å². The Labute approximate surface area is 132 Å². The number of rotatable bonds is 4. The van der Waals surface area contributed by atoms with E-state index in [1.165, 1.54) is 22.3 Å². The molecule has 0 heteroatoms. The van der Waals surface area contributed by atoms with Crippen LogP contribution in [0.4, 0.5) is 0 Å². The molecule has 3 aromatic carbocycles. The highest BCUT2D eigenvalue weighted by Crippen LogP contribution is 2.20. The number of benzene rings is 3. The molecule has 0 heterocycles. The van der Waals surface area contributed by atoms with Crippen LogP contribution in [0.15, 0.2) is 97.1 Å². The zero-order valence-corrected chi connectivity index (χ0v) is 12.4. The maximum absolute atomic E-state index is 2.22. The molecule has 0 bridgehead atoms. The maximum atomic E-state index is 2.22. The van der Waals surface area contributed by atoms with Gasteiger partial charge < -0.3 is 0 Å². The van der Waals surface area contributed by atoms with Crippen LogP contribution in [0.25, 0.3) is 17.7 Å². The lowest BCUT2D eigenvalue weighted by Gasteiger charge is -2.04. The molecule has 0 N–H and O–H groups in total. The van der Waals surface area contributed by atoms with Crippen LogP contribution in [0.5, 0.6) is 0 Å². The highest BCUT2D eigenvalue weighted by molar-refractivity contribution is 5.90. The van der Waals surface area contributed by atoms with Crippen LogP contribution in [0.2, 0.25) is 0 Å². The minimum Gasteiger partial charge on any atom is -0.0622 e. The molecule has 0 amide bonds. The molecule has 0 unspecified atom stereocenters. The van der Waals surface area contributed by atoms with E-state index < -0.39 is 0 Å². The maximum Gasteiger partial charge on any atom is -0.0178 e. The van der Waals surface area contributed by atoms with Crippen molar-refractivity contribution in [2.75, 3.05) is 0 Å². The van der Waals surface area contributed by atoms with Crippen molar-refractivity contribution in [3.8, 4) is 0 Å². The fraction of sp³-hybridized carbons (Fsp3) is 0. The summed E-state index contributed by atoms with van der Waals surface area (Å²) in [5, 5.41) is 0. The van der Waals surface area contributed by atoms with E-state index in [0.29, 0.717) is 0 Å². The summed E-state index contributed by atoms with van der Waals surface area (Å²) < 4.78 is 0. The zero-order valence-electron chi connectivity index (χ0n) is 12.4. The van der Waals surface area contributed by atoms with Crippen LogP contribution < -0.4 is 0 Å². The second-order valence-corrected chi connectivity index (χ2v) is 5.12. The Balaban J connectivity index is 1.97. The van der Waals surface area contributed by atoms with Crippen LogP contribution in [0, 0.1) is 0 Å². The largest absolute Gasteiger partial charge is 0.0622 e. The monoisotopic (exact) mass is 282 g/mol. The minimum absolute atomic E-state index is 1.20. The van der Waals surface area contributed by atoms with E-state index in [9.17, 15) is 0 Å². The Morgan fingerprint density at radius 3 is 1.64 bits per heavy atom. The third-order valence-electron chi connectivity index (χ3n) is 3.48. The number of hydrogen-bond donors (Lipinski definition) is 0. The SMILES string of the molecule is C(=C(\C=C\c1ccccc1)c1ccccc1)/c1ccccc1. The summed E-state index contributed by atoms with van der Waals surface area (Å²) >= 11 is 0. The first-order valence-electron chi connectivity index (χ1n) is 7.47. The first kappa shape index (κ1) is 14.1. The fourth-order valence-corrected chi connectivity index (χ4v) is 2.34. The fourth-order valence-electron chi connectivity index (χ4n) is 2.34. The standard InChI is InChI=1S/C22H18/c1-4-10-19(11-5-1)16-17-22(21-14-8-3-9-15-21)18-20-12-6-2-7-13-20/h1-18H/b17-16+,22-18-. The first-order valence-corrected chi connectivity index (χ1v) is 7.47. The van der Waals surface area contributed by atoms with Gasteiger partial charge in [-0.25, -0.2) is 0 Å². The average molecular weight is 282 g/mol. The summed E-state index contributed by atoms with van der Waals surface area (Å²) in [5.74, 6) is 0. The zero-order chi connectivity index (χ0) is 15.0. The predicted octanol–water partition coefficient (Wildman–Crippen LogP) is 5.94. The third kappa shape index (κ3) is 3.83. The van der Waals surface area contributed by atoms with Gasteiger partial charge in [0, 0.05) is 0 Å². The molecule has 0 aliphatic rings. The molecule has 0 saturated carbocycles. The Kier molecular flexibility index (Phi) is 4.63. The van der Waals surface area contributed by atoms with Crippen LogP contribution >= 0.6 is 0 Å². The van der Waals surface area contributed by atoms with Gasteiger partial charge in [0.1, 0.15) is 0 Å². The number of hydrogen-bond acceptors (Lipinski definition) is 0. The van der Waals surface area contributed by atoms with Gasteiger partial charge in [-0.3, -0.25) is 0 Å². The van der Waals surface area contributed by atoms with Crippen molar-refractivity contribution in [2.45, 2.75) is 0 Å². The van der Waals surface area contributed by atoms with E-state index in [4.69, 9.17) is 0 Å². The Hall–Kier alpha value is -2.86. The summed E-state index contributed by atoms with van der Waals surface area (Å²) in [6, 6.07) is 31.3. The normalized spacial score (nSPS) is 11.7. The van der Waals surface area contributed by atoms with E-state index in [-0.39, 0.29) is 0 Å². The first-order chi connectivity index (χ1) is 10.9. The average Bonchev–Trinajstić information content (AvgIpc) is 2.61.